The van der Waals surface area contributed by atoms with Gasteiger partial charge in [-0.05, 0) is 62.8 Å². The minimum absolute atomic E-state index is 0.0800. The number of ether oxygens (including phenoxy) is 2. The summed E-state index contributed by atoms with van der Waals surface area (Å²) in [6, 6.07) is 6.16. The molecule has 204 valence electrons. The molecule has 8 nitrogen and oxygen atoms in total. The normalized spacial score (nSPS) is 13.8. The number of anilines is 1. The fraction of sp³-hybridized carbons (Fsp3) is 0.481. The minimum atomic E-state index is -0.385. The molecule has 1 N–H and O–H groups in total. The summed E-state index contributed by atoms with van der Waals surface area (Å²) in [7, 11) is 1.64. The molecule has 11 heteroatoms. The van der Waals surface area contributed by atoms with Crippen molar-refractivity contribution < 1.29 is 23.9 Å². The first kappa shape index (κ1) is 28.5. The average molecular weight is 576 g/mol. The number of esters is 1. The smallest absolute Gasteiger partial charge is 0.341 e. The second-order valence-electron chi connectivity index (χ2n) is 9.04. The van der Waals surface area contributed by atoms with E-state index in [1.165, 1.54) is 34.4 Å². The van der Waals surface area contributed by atoms with Crippen molar-refractivity contribution in [2.75, 3.05) is 37.1 Å². The number of fused-ring (bicyclic) bond motifs is 2. The number of aryl methyl sites for hydroxylation is 2. The van der Waals surface area contributed by atoms with Crippen LogP contribution in [0, 0.1) is 6.92 Å². The first-order valence-corrected chi connectivity index (χ1v) is 15.6. The molecule has 2 heterocycles. The molecular formula is C27H33N3O5S3. The molecule has 0 aliphatic heterocycles. The van der Waals surface area contributed by atoms with Crippen LogP contribution in [0.2, 0.25) is 0 Å². The van der Waals surface area contributed by atoms with Crippen LogP contribution in [-0.2, 0) is 38.4 Å². The van der Waals surface area contributed by atoms with Crippen molar-refractivity contribution in [1.29, 1.82) is 0 Å². The van der Waals surface area contributed by atoms with Gasteiger partial charge in [-0.1, -0.05) is 23.8 Å². The van der Waals surface area contributed by atoms with Gasteiger partial charge in [0.25, 0.3) is 5.91 Å². The molecule has 4 rings (SSSR count). The van der Waals surface area contributed by atoms with Gasteiger partial charge in [0.1, 0.15) is 5.00 Å². The van der Waals surface area contributed by atoms with Crippen molar-refractivity contribution in [2.45, 2.75) is 52.5 Å². The Bertz CT molecular complexity index is 1390. The number of carbonyl (C=O) groups is 3. The highest BCUT2D eigenvalue weighted by atomic mass is 32.2. The van der Waals surface area contributed by atoms with E-state index in [1.54, 1.807) is 14.0 Å². The van der Waals surface area contributed by atoms with Crippen LogP contribution in [0.3, 0.4) is 0 Å². The number of nitrogens with zero attached hydrogens (tertiary/aromatic N) is 2. The van der Waals surface area contributed by atoms with Crippen LogP contribution in [0.4, 0.5) is 5.00 Å². The fourth-order valence-electron chi connectivity index (χ4n) is 4.45. The van der Waals surface area contributed by atoms with E-state index in [0.717, 1.165) is 58.3 Å². The molecule has 0 fully saturated rings. The Hall–Kier alpha value is -2.47. The van der Waals surface area contributed by atoms with Gasteiger partial charge in [0.05, 0.1) is 40.5 Å². The molecule has 0 unspecified atom stereocenters. The Labute approximate surface area is 234 Å². The molecule has 2 amide bonds. The lowest BCUT2D eigenvalue weighted by atomic mass is 10.1. The molecular weight excluding hydrogens is 543 g/mol. The Morgan fingerprint density at radius 3 is 2.74 bits per heavy atom. The lowest BCUT2D eigenvalue weighted by Gasteiger charge is -2.08. The predicted molar refractivity (Wildman–Crippen MR) is 154 cm³/mol. The number of nitrogens with one attached hydrogen (secondary N) is 1. The van der Waals surface area contributed by atoms with Gasteiger partial charge < -0.3 is 19.4 Å². The molecule has 1 aliphatic carbocycles. The first-order valence-electron chi connectivity index (χ1n) is 12.8. The Morgan fingerprint density at radius 2 is 1.95 bits per heavy atom. The summed E-state index contributed by atoms with van der Waals surface area (Å²) in [5.41, 5.74) is 3.68. The lowest BCUT2D eigenvalue weighted by Crippen LogP contribution is -2.20. The van der Waals surface area contributed by atoms with Crippen LogP contribution in [0.25, 0.3) is 10.2 Å². The van der Waals surface area contributed by atoms with E-state index in [4.69, 9.17) is 9.47 Å². The lowest BCUT2D eigenvalue weighted by molar-refractivity contribution is -0.115. The van der Waals surface area contributed by atoms with E-state index < -0.39 is 0 Å². The summed E-state index contributed by atoms with van der Waals surface area (Å²) in [5, 5.41) is 3.46. The second kappa shape index (κ2) is 13.5. The van der Waals surface area contributed by atoms with Gasteiger partial charge in [-0.2, -0.15) is 4.99 Å². The Balaban J connectivity index is 1.41. The topological polar surface area (TPSA) is 99.0 Å². The summed E-state index contributed by atoms with van der Waals surface area (Å²) in [6.45, 7) is 5.19. The predicted octanol–water partition coefficient (Wildman–Crippen LogP) is 4.96. The van der Waals surface area contributed by atoms with Gasteiger partial charge in [0.15, 0.2) is 4.80 Å². The van der Waals surface area contributed by atoms with Crippen LogP contribution in [-0.4, -0.2) is 54.2 Å². The number of hydrogen-bond donors (Lipinski definition) is 1. The van der Waals surface area contributed by atoms with E-state index in [1.807, 2.05) is 23.6 Å². The highest BCUT2D eigenvalue weighted by molar-refractivity contribution is 8.00. The standard InChI is InChI=1S/C27H33N3O5S3/c1-4-35-26(33)24-18-8-6-5-7-9-20(18)37-25(24)28-22(31)15-36-16-23(32)29-27-30(12-13-34-3)19-11-10-17(2)14-21(19)38-27/h10-11,14H,4-9,12-13,15-16H2,1-3H3,(H,28,31). The zero-order valence-electron chi connectivity index (χ0n) is 22.0. The van der Waals surface area contributed by atoms with Crippen LogP contribution < -0.4 is 10.1 Å². The zero-order valence-corrected chi connectivity index (χ0v) is 24.4. The largest absolute Gasteiger partial charge is 0.462 e. The number of thiazole rings is 1. The van der Waals surface area contributed by atoms with E-state index in [-0.39, 0.29) is 35.9 Å². The van der Waals surface area contributed by atoms with Crippen LogP contribution in [0.1, 0.15) is 52.5 Å². The number of aromatic nitrogens is 1. The molecule has 0 spiro atoms. The molecule has 38 heavy (non-hydrogen) atoms. The van der Waals surface area contributed by atoms with E-state index in [2.05, 4.69) is 16.4 Å². The van der Waals surface area contributed by atoms with E-state index >= 15 is 0 Å². The van der Waals surface area contributed by atoms with E-state index in [9.17, 15) is 14.4 Å². The van der Waals surface area contributed by atoms with Crippen LogP contribution >= 0.6 is 34.4 Å². The number of carbonyl (C=O) groups excluding carboxylic acids is 3. The maximum Gasteiger partial charge on any atom is 0.341 e. The molecule has 2 aromatic heterocycles. The van der Waals surface area contributed by atoms with Crippen LogP contribution in [0.15, 0.2) is 23.2 Å². The van der Waals surface area contributed by atoms with Crippen molar-refractivity contribution in [2.24, 2.45) is 4.99 Å². The first-order chi connectivity index (χ1) is 18.4. The third-order valence-corrected chi connectivity index (χ3v) is 9.36. The van der Waals surface area contributed by atoms with Gasteiger partial charge in [-0.15, -0.1) is 23.1 Å². The minimum Gasteiger partial charge on any atom is -0.462 e. The molecule has 1 aliphatic rings. The van der Waals surface area contributed by atoms with Crippen LogP contribution in [0.5, 0.6) is 0 Å². The summed E-state index contributed by atoms with van der Waals surface area (Å²) >= 11 is 4.15. The Morgan fingerprint density at radius 1 is 1.13 bits per heavy atom. The van der Waals surface area contributed by atoms with E-state index in [0.29, 0.717) is 28.5 Å². The van der Waals surface area contributed by atoms with Crippen molar-refractivity contribution in [1.82, 2.24) is 4.57 Å². The van der Waals surface area contributed by atoms with Crippen molar-refractivity contribution in [3.05, 3.63) is 44.6 Å². The molecule has 0 atom stereocenters. The molecule has 0 saturated carbocycles. The number of rotatable bonds is 10. The van der Waals surface area contributed by atoms with Gasteiger partial charge in [0.2, 0.25) is 5.91 Å². The summed E-state index contributed by atoms with van der Waals surface area (Å²) in [4.78, 5) is 44.3. The highest BCUT2D eigenvalue weighted by Crippen LogP contribution is 2.38. The number of thioether (sulfide) groups is 1. The summed E-state index contributed by atoms with van der Waals surface area (Å²) in [5.74, 6) is -0.772. The highest BCUT2D eigenvalue weighted by Gasteiger charge is 2.26. The van der Waals surface area contributed by atoms with Gasteiger partial charge in [-0.3, -0.25) is 9.59 Å². The SMILES string of the molecule is CCOC(=O)c1c(NC(=O)CSCC(=O)N=c2sc3cc(C)ccc3n2CCOC)sc2c1CCCCC2. The molecule has 3 aromatic rings. The third kappa shape index (κ3) is 6.93. The maximum atomic E-state index is 12.8. The molecule has 0 radical (unpaired) electrons. The molecule has 1 aromatic carbocycles. The second-order valence-corrected chi connectivity index (χ2v) is 12.1. The fourth-order valence-corrected chi connectivity index (χ4v) is 7.51. The maximum absolute atomic E-state index is 12.8. The number of benzene rings is 1. The third-order valence-electron chi connectivity index (χ3n) is 6.19. The number of methoxy groups -OCH3 is 1. The van der Waals surface area contributed by atoms with Gasteiger partial charge in [-0.25, -0.2) is 4.79 Å². The zero-order chi connectivity index (χ0) is 27.1. The van der Waals surface area contributed by atoms with Crippen molar-refractivity contribution in [3.63, 3.8) is 0 Å². The summed E-state index contributed by atoms with van der Waals surface area (Å²) in [6.07, 6.45) is 4.97. The van der Waals surface area contributed by atoms with Crippen molar-refractivity contribution in [3.8, 4) is 0 Å². The monoisotopic (exact) mass is 575 g/mol. The van der Waals surface area contributed by atoms with Gasteiger partial charge in [0, 0.05) is 18.5 Å². The van der Waals surface area contributed by atoms with Gasteiger partial charge >= 0.3 is 5.97 Å². The average Bonchev–Trinajstić information content (AvgIpc) is 3.29. The number of thiophene rings is 1. The van der Waals surface area contributed by atoms with Crippen molar-refractivity contribution >= 4 is 67.4 Å². The number of amides is 2. The summed E-state index contributed by atoms with van der Waals surface area (Å²) < 4.78 is 13.6. The molecule has 0 saturated heterocycles. The molecule has 0 bridgehead atoms. The Kier molecular flexibility index (Phi) is 10.2. The quantitative estimate of drug-likeness (QED) is 0.271. The number of hydrogen-bond acceptors (Lipinski definition) is 8.